The minimum absolute atomic E-state index is 0.0328. The number of ether oxygens (including phenoxy) is 1. The Kier molecular flexibility index (Phi) is 11.4. The summed E-state index contributed by atoms with van der Waals surface area (Å²) in [6.07, 6.45) is -5.72. The molecule has 37 heavy (non-hydrogen) atoms. The van der Waals surface area contributed by atoms with Gasteiger partial charge in [0.1, 0.15) is 18.7 Å². The molecule has 0 radical (unpaired) electrons. The Morgan fingerprint density at radius 1 is 0.838 bits per heavy atom. The fraction of sp³-hybridized carbons (Fsp3) is 0.360. The van der Waals surface area contributed by atoms with Crippen LogP contribution in [0.1, 0.15) is 30.4 Å². The molecule has 0 unspecified atom stereocenters. The van der Waals surface area contributed by atoms with Crippen molar-refractivity contribution in [2.45, 2.75) is 50.6 Å². The molecular formula is C25H28F3N3O6. The number of unbranched alkanes of at least 4 members (excludes halogenated alkanes) is 1. The third-order valence-electron chi connectivity index (χ3n) is 5.18. The lowest BCUT2D eigenvalue weighted by atomic mass is 10.0. The van der Waals surface area contributed by atoms with Crippen molar-refractivity contribution in [2.75, 3.05) is 6.54 Å². The number of carboxylic acid groups (broad SMARTS) is 1. The topological polar surface area (TPSA) is 134 Å². The second kappa shape index (κ2) is 14.5. The van der Waals surface area contributed by atoms with Gasteiger partial charge in [-0.25, -0.2) is 9.59 Å². The highest BCUT2D eigenvalue weighted by atomic mass is 19.4. The number of carboxylic acids is 1. The Morgan fingerprint density at radius 2 is 1.43 bits per heavy atom. The molecule has 0 heterocycles. The highest BCUT2D eigenvalue weighted by Gasteiger charge is 2.38. The maximum atomic E-state index is 12.9. The van der Waals surface area contributed by atoms with E-state index in [4.69, 9.17) is 4.74 Å². The highest BCUT2D eigenvalue weighted by molar-refractivity contribution is 5.89. The maximum absolute atomic E-state index is 12.9. The highest BCUT2D eigenvalue weighted by Crippen LogP contribution is 2.14. The molecular weight excluding hydrogens is 495 g/mol. The van der Waals surface area contributed by atoms with Gasteiger partial charge in [0.25, 0.3) is 0 Å². The SMILES string of the molecule is O=C(N[C@@H](Cc1ccccc1)C(=O)N[C@@H](CCCCNC(=O)C(F)(F)F)C(=O)O)OCc1ccccc1. The van der Waals surface area contributed by atoms with Crippen LogP contribution >= 0.6 is 0 Å². The summed E-state index contributed by atoms with van der Waals surface area (Å²) in [5.41, 5.74) is 1.44. The molecule has 9 nitrogen and oxygen atoms in total. The molecule has 0 aliphatic heterocycles. The number of aliphatic carboxylic acids is 1. The third kappa shape index (κ3) is 11.0. The van der Waals surface area contributed by atoms with Crippen LogP contribution in [0.25, 0.3) is 0 Å². The molecule has 2 rings (SSSR count). The number of benzene rings is 2. The molecule has 0 bridgehead atoms. The molecule has 0 spiro atoms. The molecule has 0 aromatic heterocycles. The lowest BCUT2D eigenvalue weighted by Gasteiger charge is -2.21. The summed E-state index contributed by atoms with van der Waals surface area (Å²) in [7, 11) is 0. The summed E-state index contributed by atoms with van der Waals surface area (Å²) in [6, 6.07) is 15.1. The Morgan fingerprint density at radius 3 is 2.00 bits per heavy atom. The first kappa shape index (κ1) is 29.1. The molecule has 0 saturated heterocycles. The minimum atomic E-state index is -5.00. The summed E-state index contributed by atoms with van der Waals surface area (Å²) in [5, 5.41) is 16.0. The Hall–Kier alpha value is -4.09. The Labute approximate surface area is 211 Å². The van der Waals surface area contributed by atoms with Gasteiger partial charge in [-0.3, -0.25) is 9.59 Å². The lowest BCUT2D eigenvalue weighted by Crippen LogP contribution is -2.52. The van der Waals surface area contributed by atoms with Crippen LogP contribution in [0.2, 0.25) is 0 Å². The van der Waals surface area contributed by atoms with Gasteiger partial charge in [-0.1, -0.05) is 60.7 Å². The van der Waals surface area contributed by atoms with E-state index in [2.05, 4.69) is 10.6 Å². The van der Waals surface area contributed by atoms with E-state index in [1.165, 1.54) is 0 Å². The number of carbonyl (C=O) groups is 4. The Bertz CT molecular complexity index is 1030. The normalized spacial score (nSPS) is 12.6. The molecule has 0 aliphatic rings. The number of alkyl halides is 3. The van der Waals surface area contributed by atoms with E-state index in [1.54, 1.807) is 66.0 Å². The summed E-state index contributed by atoms with van der Waals surface area (Å²) < 4.78 is 41.8. The zero-order valence-electron chi connectivity index (χ0n) is 19.8. The van der Waals surface area contributed by atoms with Crippen molar-refractivity contribution in [2.24, 2.45) is 0 Å². The summed E-state index contributed by atoms with van der Waals surface area (Å²) in [5.74, 6) is -4.19. The van der Waals surface area contributed by atoms with Crippen molar-refractivity contribution in [3.05, 3.63) is 71.8 Å². The molecule has 2 aromatic carbocycles. The molecule has 12 heteroatoms. The first-order chi connectivity index (χ1) is 17.6. The number of hydrogen-bond acceptors (Lipinski definition) is 5. The van der Waals surface area contributed by atoms with E-state index in [0.29, 0.717) is 5.56 Å². The van der Waals surface area contributed by atoms with Crippen molar-refractivity contribution in [3.8, 4) is 0 Å². The van der Waals surface area contributed by atoms with Gasteiger partial charge >= 0.3 is 24.1 Å². The van der Waals surface area contributed by atoms with Crippen LogP contribution in [-0.4, -0.2) is 53.8 Å². The first-order valence-electron chi connectivity index (χ1n) is 11.5. The quantitative estimate of drug-likeness (QED) is 0.299. The van der Waals surface area contributed by atoms with E-state index < -0.39 is 42.1 Å². The molecule has 4 N–H and O–H groups in total. The number of carbonyl (C=O) groups excluding carboxylic acids is 3. The van der Waals surface area contributed by atoms with Gasteiger partial charge in [-0.05, 0) is 30.4 Å². The average molecular weight is 524 g/mol. The van der Waals surface area contributed by atoms with E-state index >= 15 is 0 Å². The number of alkyl carbamates (subject to hydrolysis) is 1. The van der Waals surface area contributed by atoms with Crippen molar-refractivity contribution in [3.63, 3.8) is 0 Å². The van der Waals surface area contributed by atoms with Crippen LogP contribution in [0.5, 0.6) is 0 Å². The monoisotopic (exact) mass is 523 g/mol. The van der Waals surface area contributed by atoms with Crippen molar-refractivity contribution < 1.29 is 42.2 Å². The van der Waals surface area contributed by atoms with Crippen LogP contribution in [0.4, 0.5) is 18.0 Å². The lowest BCUT2D eigenvalue weighted by molar-refractivity contribution is -0.173. The molecule has 2 aromatic rings. The average Bonchev–Trinajstić information content (AvgIpc) is 2.86. The zero-order chi connectivity index (χ0) is 27.3. The van der Waals surface area contributed by atoms with Crippen LogP contribution in [0.3, 0.4) is 0 Å². The van der Waals surface area contributed by atoms with E-state index in [0.717, 1.165) is 5.56 Å². The fourth-order valence-electron chi connectivity index (χ4n) is 3.27. The summed E-state index contributed by atoms with van der Waals surface area (Å²) in [6.45, 7) is -0.334. The first-order valence-corrected chi connectivity index (χ1v) is 11.5. The van der Waals surface area contributed by atoms with Crippen LogP contribution in [0.15, 0.2) is 60.7 Å². The molecule has 0 fully saturated rings. The largest absolute Gasteiger partial charge is 0.480 e. The van der Waals surface area contributed by atoms with E-state index in [1.807, 2.05) is 0 Å². The number of hydrogen-bond donors (Lipinski definition) is 4. The van der Waals surface area contributed by atoms with Gasteiger partial charge in [-0.15, -0.1) is 0 Å². The van der Waals surface area contributed by atoms with Gasteiger partial charge in [0.05, 0.1) is 0 Å². The standard InChI is InChI=1S/C25H28F3N3O6/c26-25(27,28)23(35)29-14-8-7-13-19(22(33)34)30-21(32)20(15-17-9-3-1-4-10-17)31-24(36)37-16-18-11-5-2-6-12-18/h1-6,9-12,19-20H,7-8,13-16H2,(H,29,35)(H,30,32)(H,31,36)(H,33,34)/t19-,20-/m0/s1. The van der Waals surface area contributed by atoms with Gasteiger partial charge in [0.15, 0.2) is 0 Å². The van der Waals surface area contributed by atoms with Gasteiger partial charge in [-0.2, -0.15) is 13.2 Å². The number of nitrogens with one attached hydrogen (secondary N) is 3. The van der Waals surface area contributed by atoms with Crippen molar-refractivity contribution >= 4 is 23.9 Å². The predicted molar refractivity (Wildman–Crippen MR) is 126 cm³/mol. The fourth-order valence-corrected chi connectivity index (χ4v) is 3.27. The molecule has 0 saturated carbocycles. The smallest absolute Gasteiger partial charge is 0.471 e. The number of halogens is 3. The second-order valence-electron chi connectivity index (χ2n) is 8.10. The number of amides is 3. The molecule has 3 amide bonds. The number of rotatable bonds is 13. The van der Waals surface area contributed by atoms with Crippen LogP contribution in [0, 0.1) is 0 Å². The molecule has 200 valence electrons. The van der Waals surface area contributed by atoms with Crippen LogP contribution in [-0.2, 0) is 32.1 Å². The predicted octanol–water partition coefficient (Wildman–Crippen LogP) is 2.94. The van der Waals surface area contributed by atoms with E-state index in [9.17, 15) is 37.5 Å². The maximum Gasteiger partial charge on any atom is 0.471 e. The third-order valence-corrected chi connectivity index (χ3v) is 5.18. The second-order valence-corrected chi connectivity index (χ2v) is 8.10. The van der Waals surface area contributed by atoms with Gasteiger partial charge in [0, 0.05) is 13.0 Å². The van der Waals surface area contributed by atoms with Gasteiger partial charge in [0.2, 0.25) is 5.91 Å². The van der Waals surface area contributed by atoms with E-state index in [-0.39, 0.29) is 38.8 Å². The van der Waals surface area contributed by atoms with Crippen molar-refractivity contribution in [1.29, 1.82) is 0 Å². The minimum Gasteiger partial charge on any atom is -0.480 e. The zero-order valence-corrected chi connectivity index (χ0v) is 19.8. The molecule has 0 aliphatic carbocycles. The molecule has 2 atom stereocenters. The summed E-state index contributed by atoms with van der Waals surface area (Å²) >= 11 is 0. The van der Waals surface area contributed by atoms with Crippen LogP contribution < -0.4 is 16.0 Å². The summed E-state index contributed by atoms with van der Waals surface area (Å²) in [4.78, 5) is 47.8. The van der Waals surface area contributed by atoms with Gasteiger partial charge < -0.3 is 25.8 Å². The van der Waals surface area contributed by atoms with Crippen molar-refractivity contribution in [1.82, 2.24) is 16.0 Å². The Balaban J connectivity index is 1.95.